The lowest BCUT2D eigenvalue weighted by Crippen LogP contribution is -2.28. The highest BCUT2D eigenvalue weighted by Gasteiger charge is 2.18. The quantitative estimate of drug-likeness (QED) is 0.641. The van der Waals surface area contributed by atoms with Gasteiger partial charge in [0.1, 0.15) is 5.00 Å². The van der Waals surface area contributed by atoms with Crippen molar-refractivity contribution in [3.63, 3.8) is 0 Å². The molecule has 0 fully saturated rings. The van der Waals surface area contributed by atoms with Crippen molar-refractivity contribution in [2.75, 3.05) is 18.5 Å². The smallest absolute Gasteiger partial charge is 0.341 e. The van der Waals surface area contributed by atoms with Gasteiger partial charge in [-0.2, -0.15) is 0 Å². The molecule has 0 saturated carbocycles. The molecule has 0 saturated heterocycles. The number of anilines is 1. The first-order valence-corrected chi connectivity index (χ1v) is 8.29. The molecule has 2 rings (SSSR count). The molecule has 0 aliphatic rings. The standard InChI is InChI=1S/C16H18N2O2S2/c1-3-17-16(21)18-14-12(15(19)20-4-2)10-13(22-14)11-8-6-5-7-9-11/h5-10H,3-4H2,1-2H3,(H2,17,18,21). The molecule has 1 aromatic carbocycles. The fraction of sp³-hybridized carbons (Fsp3) is 0.250. The third-order valence-corrected chi connectivity index (χ3v) is 4.20. The summed E-state index contributed by atoms with van der Waals surface area (Å²) in [7, 11) is 0. The molecule has 6 heteroatoms. The second-order valence-electron chi connectivity index (χ2n) is 4.42. The van der Waals surface area contributed by atoms with E-state index in [9.17, 15) is 4.79 Å². The van der Waals surface area contributed by atoms with Crippen LogP contribution in [0, 0.1) is 0 Å². The van der Waals surface area contributed by atoms with Gasteiger partial charge in [0.25, 0.3) is 0 Å². The number of carbonyl (C=O) groups is 1. The molecule has 0 bridgehead atoms. The summed E-state index contributed by atoms with van der Waals surface area (Å²) in [5, 5.41) is 7.29. The van der Waals surface area contributed by atoms with Gasteiger partial charge in [-0.15, -0.1) is 11.3 Å². The second-order valence-corrected chi connectivity index (χ2v) is 5.88. The fourth-order valence-corrected chi connectivity index (χ4v) is 3.26. The van der Waals surface area contributed by atoms with Gasteiger partial charge in [-0.05, 0) is 37.7 Å². The topological polar surface area (TPSA) is 50.4 Å². The molecule has 0 spiro atoms. The monoisotopic (exact) mass is 334 g/mol. The molecule has 2 aromatic rings. The van der Waals surface area contributed by atoms with E-state index in [0.717, 1.165) is 17.0 Å². The summed E-state index contributed by atoms with van der Waals surface area (Å²) in [6, 6.07) is 11.8. The highest BCUT2D eigenvalue weighted by Crippen LogP contribution is 2.35. The van der Waals surface area contributed by atoms with E-state index in [0.29, 0.717) is 22.3 Å². The normalized spacial score (nSPS) is 10.1. The third-order valence-electron chi connectivity index (χ3n) is 2.85. The maximum Gasteiger partial charge on any atom is 0.341 e. The van der Waals surface area contributed by atoms with Crippen molar-refractivity contribution in [3.8, 4) is 10.4 Å². The van der Waals surface area contributed by atoms with Crippen molar-refractivity contribution in [2.45, 2.75) is 13.8 Å². The van der Waals surface area contributed by atoms with Gasteiger partial charge in [0.05, 0.1) is 12.2 Å². The SMILES string of the molecule is CCNC(=S)Nc1sc(-c2ccccc2)cc1C(=O)OCC. The molecule has 0 aliphatic carbocycles. The van der Waals surface area contributed by atoms with Gasteiger partial charge in [-0.25, -0.2) is 4.79 Å². The number of carbonyl (C=O) groups excluding carboxylic acids is 1. The number of thiocarbonyl (C=S) groups is 1. The number of rotatable bonds is 5. The van der Waals surface area contributed by atoms with Crippen LogP contribution in [0.15, 0.2) is 36.4 Å². The summed E-state index contributed by atoms with van der Waals surface area (Å²) >= 11 is 6.69. The molecule has 1 aromatic heterocycles. The van der Waals surface area contributed by atoms with E-state index in [2.05, 4.69) is 10.6 Å². The third kappa shape index (κ3) is 4.05. The molecule has 116 valence electrons. The molecule has 4 nitrogen and oxygen atoms in total. The Labute approximate surface area is 139 Å². The first-order chi connectivity index (χ1) is 10.7. The first kappa shape index (κ1) is 16.5. The van der Waals surface area contributed by atoms with Crippen molar-refractivity contribution >= 4 is 39.6 Å². The van der Waals surface area contributed by atoms with Crippen LogP contribution in [0.4, 0.5) is 5.00 Å². The average molecular weight is 334 g/mol. The fourth-order valence-electron chi connectivity index (χ4n) is 1.90. The number of ether oxygens (including phenoxy) is 1. The van der Waals surface area contributed by atoms with Gasteiger partial charge in [0, 0.05) is 11.4 Å². The van der Waals surface area contributed by atoms with Crippen LogP contribution in [0.25, 0.3) is 10.4 Å². The van der Waals surface area contributed by atoms with E-state index in [1.54, 1.807) is 6.92 Å². The maximum absolute atomic E-state index is 12.1. The minimum absolute atomic E-state index is 0.340. The summed E-state index contributed by atoms with van der Waals surface area (Å²) in [6.45, 7) is 4.81. The van der Waals surface area contributed by atoms with Gasteiger partial charge in [-0.3, -0.25) is 0 Å². The average Bonchev–Trinajstić information content (AvgIpc) is 2.92. The van der Waals surface area contributed by atoms with Crippen LogP contribution in [-0.4, -0.2) is 24.2 Å². The second kappa shape index (κ2) is 7.91. The molecule has 2 N–H and O–H groups in total. The van der Waals surface area contributed by atoms with Gasteiger partial charge >= 0.3 is 5.97 Å². The van der Waals surface area contributed by atoms with E-state index in [1.807, 2.05) is 43.3 Å². The van der Waals surface area contributed by atoms with Crippen LogP contribution in [-0.2, 0) is 4.74 Å². The Morgan fingerprint density at radius 3 is 2.64 bits per heavy atom. The zero-order valence-corrected chi connectivity index (χ0v) is 14.1. The van der Waals surface area contributed by atoms with Gasteiger partial charge in [0.2, 0.25) is 0 Å². The van der Waals surface area contributed by atoms with Crippen LogP contribution in [0.3, 0.4) is 0 Å². The van der Waals surface area contributed by atoms with Crippen LogP contribution in [0.1, 0.15) is 24.2 Å². The Bertz CT molecular complexity index is 653. The zero-order chi connectivity index (χ0) is 15.9. The summed E-state index contributed by atoms with van der Waals surface area (Å²) in [5.41, 5.74) is 1.56. The van der Waals surface area contributed by atoms with E-state index < -0.39 is 0 Å². The predicted molar refractivity (Wildman–Crippen MR) is 95.6 cm³/mol. The minimum atomic E-state index is -0.345. The molecular weight excluding hydrogens is 316 g/mol. The number of hydrogen-bond donors (Lipinski definition) is 2. The number of nitrogens with one attached hydrogen (secondary N) is 2. The van der Waals surface area contributed by atoms with E-state index in [1.165, 1.54) is 11.3 Å². The van der Waals surface area contributed by atoms with Crippen molar-refractivity contribution in [1.82, 2.24) is 5.32 Å². The lowest BCUT2D eigenvalue weighted by Gasteiger charge is -2.08. The largest absolute Gasteiger partial charge is 0.462 e. The molecule has 0 radical (unpaired) electrons. The Hall–Kier alpha value is -1.92. The summed E-state index contributed by atoms with van der Waals surface area (Å²) in [4.78, 5) is 13.1. The highest BCUT2D eigenvalue weighted by molar-refractivity contribution is 7.80. The molecular formula is C16H18N2O2S2. The summed E-state index contributed by atoms with van der Waals surface area (Å²) in [5.74, 6) is -0.345. The molecule has 0 atom stereocenters. The maximum atomic E-state index is 12.1. The van der Waals surface area contributed by atoms with Gasteiger partial charge in [0.15, 0.2) is 5.11 Å². The highest BCUT2D eigenvalue weighted by atomic mass is 32.1. The minimum Gasteiger partial charge on any atom is -0.462 e. The van der Waals surface area contributed by atoms with Gasteiger partial charge < -0.3 is 15.4 Å². The Morgan fingerprint density at radius 1 is 1.27 bits per heavy atom. The van der Waals surface area contributed by atoms with Crippen LogP contribution >= 0.6 is 23.6 Å². The van der Waals surface area contributed by atoms with E-state index >= 15 is 0 Å². The van der Waals surface area contributed by atoms with Crippen molar-refractivity contribution in [3.05, 3.63) is 42.0 Å². The van der Waals surface area contributed by atoms with Crippen molar-refractivity contribution < 1.29 is 9.53 Å². The molecule has 0 unspecified atom stereocenters. The molecule has 0 aliphatic heterocycles. The van der Waals surface area contributed by atoms with Crippen molar-refractivity contribution in [1.29, 1.82) is 0 Å². The number of benzene rings is 1. The van der Waals surface area contributed by atoms with Crippen LogP contribution in [0.5, 0.6) is 0 Å². The number of thiophene rings is 1. The van der Waals surface area contributed by atoms with Crippen molar-refractivity contribution in [2.24, 2.45) is 0 Å². The van der Waals surface area contributed by atoms with Crippen LogP contribution in [0.2, 0.25) is 0 Å². The number of esters is 1. The lowest BCUT2D eigenvalue weighted by atomic mass is 10.1. The number of hydrogen-bond acceptors (Lipinski definition) is 4. The van der Waals surface area contributed by atoms with E-state index in [-0.39, 0.29) is 5.97 Å². The van der Waals surface area contributed by atoms with E-state index in [4.69, 9.17) is 17.0 Å². The van der Waals surface area contributed by atoms with Crippen LogP contribution < -0.4 is 10.6 Å². The molecule has 0 amide bonds. The molecule has 1 heterocycles. The summed E-state index contributed by atoms with van der Waals surface area (Å²) < 4.78 is 5.12. The summed E-state index contributed by atoms with van der Waals surface area (Å²) in [6.07, 6.45) is 0. The first-order valence-electron chi connectivity index (χ1n) is 7.07. The Kier molecular flexibility index (Phi) is 5.91. The zero-order valence-electron chi connectivity index (χ0n) is 12.5. The lowest BCUT2D eigenvalue weighted by molar-refractivity contribution is 0.0528. The van der Waals surface area contributed by atoms with Gasteiger partial charge in [-0.1, -0.05) is 30.3 Å². The Balaban J connectivity index is 2.34. The Morgan fingerprint density at radius 2 is 2.00 bits per heavy atom. The predicted octanol–water partition coefficient (Wildman–Crippen LogP) is 3.90. The molecule has 22 heavy (non-hydrogen) atoms.